The summed E-state index contributed by atoms with van der Waals surface area (Å²) in [6, 6.07) is 11.2. The van der Waals surface area contributed by atoms with E-state index in [1.807, 2.05) is 0 Å². The monoisotopic (exact) mass is 217 g/mol. The molecule has 0 aliphatic heterocycles. The Hall–Kier alpha value is -0.820. The van der Waals surface area contributed by atoms with Crippen LogP contribution in [0.3, 0.4) is 0 Å². The number of benzene rings is 1. The van der Waals surface area contributed by atoms with Crippen LogP contribution in [0.25, 0.3) is 0 Å². The van der Waals surface area contributed by atoms with Gasteiger partial charge in [-0.1, -0.05) is 49.6 Å². The van der Waals surface area contributed by atoms with E-state index in [1.165, 1.54) is 44.2 Å². The highest BCUT2D eigenvalue weighted by Crippen LogP contribution is 2.23. The fraction of sp³-hybridized carbons (Fsp3) is 0.600. The lowest BCUT2D eigenvalue weighted by molar-refractivity contribution is 0.331. The zero-order valence-electron chi connectivity index (χ0n) is 10.3. The van der Waals surface area contributed by atoms with Gasteiger partial charge in [0.15, 0.2) is 0 Å². The minimum atomic E-state index is 0.489. The molecule has 1 fully saturated rings. The molecule has 0 radical (unpaired) electrons. The molecule has 1 saturated carbocycles. The summed E-state index contributed by atoms with van der Waals surface area (Å²) in [5.41, 5.74) is 1.40. The van der Waals surface area contributed by atoms with Crippen molar-refractivity contribution in [3.8, 4) is 0 Å². The van der Waals surface area contributed by atoms with Gasteiger partial charge < -0.3 is 5.32 Å². The minimum absolute atomic E-state index is 0.489. The van der Waals surface area contributed by atoms with Crippen LogP contribution in [-0.4, -0.2) is 6.54 Å². The summed E-state index contributed by atoms with van der Waals surface area (Å²) in [5.74, 6) is 0.917. The minimum Gasteiger partial charge on any atom is -0.310 e. The van der Waals surface area contributed by atoms with Crippen molar-refractivity contribution in [1.29, 1.82) is 0 Å². The first-order valence-electron chi connectivity index (χ1n) is 6.64. The van der Waals surface area contributed by atoms with E-state index in [-0.39, 0.29) is 0 Å². The van der Waals surface area contributed by atoms with Gasteiger partial charge in [-0.3, -0.25) is 0 Å². The Balaban J connectivity index is 1.77. The van der Waals surface area contributed by atoms with Crippen LogP contribution in [0.15, 0.2) is 30.3 Å². The molecule has 1 nitrogen and oxygen atoms in total. The van der Waals surface area contributed by atoms with E-state index in [0.717, 1.165) is 5.92 Å². The second kappa shape index (κ2) is 6.05. The van der Waals surface area contributed by atoms with Gasteiger partial charge in [0.1, 0.15) is 0 Å². The van der Waals surface area contributed by atoms with Crippen LogP contribution in [0.5, 0.6) is 0 Å². The van der Waals surface area contributed by atoms with Crippen LogP contribution in [0.1, 0.15) is 50.6 Å². The molecule has 1 atom stereocenters. The number of nitrogens with one attached hydrogen (secondary N) is 1. The normalized spacial score (nSPS) is 19.6. The lowest BCUT2D eigenvalue weighted by Gasteiger charge is -2.24. The van der Waals surface area contributed by atoms with Crippen molar-refractivity contribution in [2.24, 2.45) is 5.92 Å². The second-order valence-corrected chi connectivity index (χ2v) is 5.04. The summed E-state index contributed by atoms with van der Waals surface area (Å²) < 4.78 is 0. The van der Waals surface area contributed by atoms with Crippen molar-refractivity contribution in [1.82, 2.24) is 5.32 Å². The van der Waals surface area contributed by atoms with Gasteiger partial charge in [-0.15, -0.1) is 0 Å². The quantitative estimate of drug-likeness (QED) is 0.806. The first-order valence-corrected chi connectivity index (χ1v) is 6.64. The van der Waals surface area contributed by atoms with Crippen molar-refractivity contribution in [3.63, 3.8) is 0 Å². The maximum atomic E-state index is 3.67. The topological polar surface area (TPSA) is 12.0 Å². The van der Waals surface area contributed by atoms with Gasteiger partial charge in [0.05, 0.1) is 0 Å². The van der Waals surface area contributed by atoms with Crippen LogP contribution in [0.2, 0.25) is 0 Å². The predicted molar refractivity (Wildman–Crippen MR) is 69.4 cm³/mol. The molecule has 1 heteroatoms. The molecule has 0 saturated heterocycles. The summed E-state index contributed by atoms with van der Waals surface area (Å²) in [7, 11) is 0. The van der Waals surface area contributed by atoms with Gasteiger partial charge in [0, 0.05) is 6.04 Å². The summed E-state index contributed by atoms with van der Waals surface area (Å²) in [6.45, 7) is 3.45. The molecule has 16 heavy (non-hydrogen) atoms. The summed E-state index contributed by atoms with van der Waals surface area (Å²) >= 11 is 0. The van der Waals surface area contributed by atoms with Crippen LogP contribution in [-0.2, 0) is 0 Å². The molecule has 2 rings (SSSR count). The Morgan fingerprint density at radius 2 is 1.81 bits per heavy atom. The third kappa shape index (κ3) is 3.34. The van der Waals surface area contributed by atoms with Gasteiger partial charge in [-0.25, -0.2) is 0 Å². The third-order valence-electron chi connectivity index (χ3n) is 3.74. The molecule has 1 aromatic carbocycles. The van der Waals surface area contributed by atoms with Gasteiger partial charge in [-0.05, 0) is 37.8 Å². The van der Waals surface area contributed by atoms with Gasteiger partial charge in [-0.2, -0.15) is 0 Å². The Morgan fingerprint density at radius 1 is 1.12 bits per heavy atom. The zero-order valence-corrected chi connectivity index (χ0v) is 10.3. The van der Waals surface area contributed by atoms with E-state index in [2.05, 4.69) is 42.6 Å². The zero-order chi connectivity index (χ0) is 11.2. The Bertz CT molecular complexity index is 288. The van der Waals surface area contributed by atoms with Gasteiger partial charge in [0.25, 0.3) is 0 Å². The summed E-state index contributed by atoms with van der Waals surface area (Å²) in [5, 5.41) is 3.67. The Labute approximate surface area is 99.3 Å². The highest BCUT2D eigenvalue weighted by molar-refractivity contribution is 5.17. The van der Waals surface area contributed by atoms with Crippen molar-refractivity contribution in [2.45, 2.75) is 45.1 Å². The molecular weight excluding hydrogens is 194 g/mol. The molecule has 0 unspecified atom stereocenters. The number of rotatable bonds is 4. The lowest BCUT2D eigenvalue weighted by Crippen LogP contribution is -2.27. The molecule has 0 spiro atoms. The fourth-order valence-electron chi connectivity index (χ4n) is 2.59. The first-order chi connectivity index (χ1) is 7.86. The SMILES string of the molecule is C[C@H](NCC1CCCCC1)c1ccccc1. The van der Waals surface area contributed by atoms with Gasteiger partial charge >= 0.3 is 0 Å². The molecule has 1 aliphatic carbocycles. The van der Waals surface area contributed by atoms with Crippen molar-refractivity contribution in [3.05, 3.63) is 35.9 Å². The van der Waals surface area contributed by atoms with E-state index < -0.39 is 0 Å². The van der Waals surface area contributed by atoms with E-state index in [0.29, 0.717) is 6.04 Å². The van der Waals surface area contributed by atoms with E-state index in [1.54, 1.807) is 0 Å². The molecule has 1 N–H and O–H groups in total. The van der Waals surface area contributed by atoms with E-state index in [9.17, 15) is 0 Å². The molecule has 88 valence electrons. The Kier molecular flexibility index (Phi) is 4.41. The van der Waals surface area contributed by atoms with Crippen molar-refractivity contribution in [2.75, 3.05) is 6.54 Å². The molecule has 1 aromatic rings. The maximum absolute atomic E-state index is 3.67. The Morgan fingerprint density at radius 3 is 2.50 bits per heavy atom. The highest BCUT2D eigenvalue weighted by atomic mass is 14.9. The molecule has 0 heterocycles. The van der Waals surface area contributed by atoms with Crippen LogP contribution >= 0.6 is 0 Å². The predicted octanol–water partition coefficient (Wildman–Crippen LogP) is 3.92. The lowest BCUT2D eigenvalue weighted by atomic mass is 9.89. The standard InChI is InChI=1S/C15H23N/c1-13(15-10-6-3-7-11-15)16-12-14-8-4-2-5-9-14/h3,6-7,10-11,13-14,16H,2,4-5,8-9,12H2,1H3/t13-/m0/s1. The molecule has 0 bridgehead atoms. The maximum Gasteiger partial charge on any atom is 0.0291 e. The second-order valence-electron chi connectivity index (χ2n) is 5.04. The van der Waals surface area contributed by atoms with Gasteiger partial charge in [0.2, 0.25) is 0 Å². The smallest absolute Gasteiger partial charge is 0.0291 e. The molecule has 0 aromatic heterocycles. The molecule has 1 aliphatic rings. The van der Waals surface area contributed by atoms with Crippen molar-refractivity contribution >= 4 is 0 Å². The van der Waals surface area contributed by atoms with Crippen LogP contribution in [0, 0.1) is 5.92 Å². The number of hydrogen-bond acceptors (Lipinski definition) is 1. The van der Waals surface area contributed by atoms with E-state index >= 15 is 0 Å². The van der Waals surface area contributed by atoms with Crippen molar-refractivity contribution < 1.29 is 0 Å². The summed E-state index contributed by atoms with van der Waals surface area (Å²) in [4.78, 5) is 0. The third-order valence-corrected chi connectivity index (χ3v) is 3.74. The fourth-order valence-corrected chi connectivity index (χ4v) is 2.59. The average Bonchev–Trinajstić information content (AvgIpc) is 2.38. The number of hydrogen-bond donors (Lipinski definition) is 1. The highest BCUT2D eigenvalue weighted by Gasteiger charge is 2.14. The average molecular weight is 217 g/mol. The molecular formula is C15H23N. The molecule has 0 amide bonds. The van der Waals surface area contributed by atoms with Crippen LogP contribution < -0.4 is 5.32 Å². The largest absolute Gasteiger partial charge is 0.310 e. The summed E-state index contributed by atoms with van der Waals surface area (Å²) in [6.07, 6.45) is 7.17. The van der Waals surface area contributed by atoms with Crippen LogP contribution in [0.4, 0.5) is 0 Å². The van der Waals surface area contributed by atoms with E-state index in [4.69, 9.17) is 0 Å². The first kappa shape index (κ1) is 11.7.